The van der Waals surface area contributed by atoms with Crippen LogP contribution >= 0.6 is 0 Å². The first-order chi connectivity index (χ1) is 13.2. The minimum Gasteiger partial charge on any atom is -0.383 e. The lowest BCUT2D eigenvalue weighted by Gasteiger charge is -2.35. The van der Waals surface area contributed by atoms with Crippen LogP contribution in [-0.2, 0) is 27.5 Å². The molecule has 2 fully saturated rings. The van der Waals surface area contributed by atoms with E-state index in [1.807, 2.05) is 11.0 Å². The summed E-state index contributed by atoms with van der Waals surface area (Å²) in [7, 11) is 0. The fraction of sp³-hybridized carbons (Fsp3) is 0.526. The number of hydrogen-bond donors (Lipinski definition) is 1. The van der Waals surface area contributed by atoms with Crippen LogP contribution < -0.4 is 10.6 Å². The molecule has 5 rings (SSSR count). The van der Waals surface area contributed by atoms with Crippen molar-refractivity contribution in [3.05, 3.63) is 23.3 Å². The number of piperazine rings is 1. The summed E-state index contributed by atoms with van der Waals surface area (Å²) in [4.78, 5) is 25.7. The maximum Gasteiger partial charge on any atom is 0.251 e. The maximum absolute atomic E-state index is 12.5. The number of benzene rings is 1. The lowest BCUT2D eigenvalue weighted by Crippen LogP contribution is -2.51. The molecule has 8 nitrogen and oxygen atoms in total. The average molecular weight is 369 g/mol. The Hall–Kier alpha value is -2.45. The van der Waals surface area contributed by atoms with Gasteiger partial charge < -0.3 is 25.0 Å². The van der Waals surface area contributed by atoms with Crippen LogP contribution in [-0.4, -0.2) is 59.7 Å². The molecule has 2 saturated heterocycles. The summed E-state index contributed by atoms with van der Waals surface area (Å²) in [6, 6.07) is 4.09. The van der Waals surface area contributed by atoms with E-state index < -0.39 is 0 Å². The van der Waals surface area contributed by atoms with Crippen molar-refractivity contribution in [3.63, 3.8) is 0 Å². The Labute approximate surface area is 157 Å². The summed E-state index contributed by atoms with van der Waals surface area (Å²) < 4.78 is 11.0. The van der Waals surface area contributed by atoms with Gasteiger partial charge in [0.05, 0.1) is 18.7 Å². The van der Waals surface area contributed by atoms with Gasteiger partial charge in [-0.2, -0.15) is 4.98 Å². The van der Waals surface area contributed by atoms with Crippen LogP contribution in [0.1, 0.15) is 24.0 Å². The molecular weight excluding hydrogens is 346 g/mol. The van der Waals surface area contributed by atoms with Gasteiger partial charge in [-0.1, -0.05) is 0 Å². The van der Waals surface area contributed by atoms with Crippen LogP contribution in [0.25, 0.3) is 10.9 Å². The Morgan fingerprint density at radius 1 is 1.11 bits per heavy atom. The highest BCUT2D eigenvalue weighted by molar-refractivity contribution is 5.90. The predicted octanol–water partition coefficient (Wildman–Crippen LogP) is 1.07. The number of nitrogens with two attached hydrogens (primary N) is 1. The molecule has 2 N–H and O–H groups in total. The van der Waals surface area contributed by atoms with Gasteiger partial charge in [-0.3, -0.25) is 4.79 Å². The third kappa shape index (κ3) is 2.98. The smallest absolute Gasteiger partial charge is 0.251 e. The number of rotatable bonds is 2. The minimum atomic E-state index is -0.256. The highest BCUT2D eigenvalue weighted by Gasteiger charge is 2.31. The first-order valence-corrected chi connectivity index (χ1v) is 9.51. The Morgan fingerprint density at radius 3 is 2.63 bits per heavy atom. The van der Waals surface area contributed by atoms with E-state index in [0.717, 1.165) is 29.3 Å². The molecule has 3 aliphatic rings. The number of nitrogen functional groups attached to an aromatic ring is 1. The van der Waals surface area contributed by atoms with Crippen LogP contribution in [0.2, 0.25) is 0 Å². The molecule has 27 heavy (non-hydrogen) atoms. The summed E-state index contributed by atoms with van der Waals surface area (Å²) in [5.74, 6) is 1.23. The molecular formula is C19H23N5O3. The largest absolute Gasteiger partial charge is 0.383 e. The van der Waals surface area contributed by atoms with E-state index in [-0.39, 0.29) is 12.0 Å². The number of carbonyl (C=O) groups is 1. The van der Waals surface area contributed by atoms with E-state index >= 15 is 0 Å². The van der Waals surface area contributed by atoms with Gasteiger partial charge >= 0.3 is 0 Å². The Balaban J connectivity index is 1.34. The van der Waals surface area contributed by atoms with Gasteiger partial charge in [-0.15, -0.1) is 0 Å². The number of fused-ring (bicyclic) bond motifs is 2. The third-order valence-corrected chi connectivity index (χ3v) is 5.63. The van der Waals surface area contributed by atoms with Crippen molar-refractivity contribution < 1.29 is 14.3 Å². The first-order valence-electron chi connectivity index (χ1n) is 9.51. The molecule has 0 radical (unpaired) electrons. The monoisotopic (exact) mass is 369 g/mol. The van der Waals surface area contributed by atoms with Crippen LogP contribution in [0.15, 0.2) is 12.1 Å². The van der Waals surface area contributed by atoms with Crippen molar-refractivity contribution in [2.45, 2.75) is 32.2 Å². The zero-order valence-corrected chi connectivity index (χ0v) is 15.2. The van der Waals surface area contributed by atoms with E-state index in [4.69, 9.17) is 20.2 Å². The summed E-state index contributed by atoms with van der Waals surface area (Å²) in [5.41, 5.74) is 9.39. The van der Waals surface area contributed by atoms with Gasteiger partial charge in [0.2, 0.25) is 5.95 Å². The summed E-state index contributed by atoms with van der Waals surface area (Å²) in [5, 5.41) is 0.871. The molecule has 4 heterocycles. The zero-order chi connectivity index (χ0) is 18.4. The van der Waals surface area contributed by atoms with Gasteiger partial charge in [0.15, 0.2) is 0 Å². The average Bonchev–Trinajstić information content (AvgIpc) is 3.37. The van der Waals surface area contributed by atoms with Crippen molar-refractivity contribution in [2.24, 2.45) is 0 Å². The molecule has 8 heteroatoms. The fourth-order valence-corrected chi connectivity index (χ4v) is 4.06. The van der Waals surface area contributed by atoms with Gasteiger partial charge in [-0.25, -0.2) is 4.98 Å². The summed E-state index contributed by atoms with van der Waals surface area (Å²) in [6.45, 7) is 4.61. The second kappa shape index (κ2) is 6.61. The number of hydrogen-bond acceptors (Lipinski definition) is 7. The quantitative estimate of drug-likeness (QED) is 0.846. The normalized spacial score (nSPS) is 22.4. The second-order valence-corrected chi connectivity index (χ2v) is 7.35. The standard InChI is InChI=1S/C19H23N5O3/c20-17-14-8-12-10-26-11-13(12)9-15(14)21-19(22-17)24-5-3-23(4-6-24)18(25)16-2-1-7-27-16/h8-9,16H,1-7,10-11H2,(H2,20,21,22). The molecule has 0 saturated carbocycles. The van der Waals surface area contributed by atoms with Crippen LogP contribution in [0.4, 0.5) is 11.8 Å². The van der Waals surface area contributed by atoms with Crippen molar-refractivity contribution in [1.29, 1.82) is 0 Å². The minimum absolute atomic E-state index is 0.113. The van der Waals surface area contributed by atoms with E-state index in [1.165, 1.54) is 5.56 Å². The Kier molecular flexibility index (Phi) is 4.09. The third-order valence-electron chi connectivity index (χ3n) is 5.63. The molecule has 2 aromatic rings. The molecule has 0 bridgehead atoms. The summed E-state index contributed by atoms with van der Waals surface area (Å²) in [6.07, 6.45) is 1.54. The topological polar surface area (TPSA) is 93.8 Å². The molecule has 1 aromatic heterocycles. The lowest BCUT2D eigenvalue weighted by molar-refractivity contribution is -0.141. The van der Waals surface area contributed by atoms with Crippen LogP contribution in [0.3, 0.4) is 0 Å². The molecule has 1 aromatic carbocycles. The number of carbonyl (C=O) groups excluding carboxylic acids is 1. The van der Waals surface area contributed by atoms with E-state index in [0.29, 0.717) is 57.8 Å². The van der Waals surface area contributed by atoms with Crippen molar-refractivity contribution in [1.82, 2.24) is 14.9 Å². The highest BCUT2D eigenvalue weighted by atomic mass is 16.5. The van der Waals surface area contributed by atoms with E-state index in [2.05, 4.69) is 16.0 Å². The Bertz CT molecular complexity index is 889. The zero-order valence-electron chi connectivity index (χ0n) is 15.2. The molecule has 1 unspecified atom stereocenters. The number of nitrogens with zero attached hydrogens (tertiary/aromatic N) is 4. The fourth-order valence-electron chi connectivity index (χ4n) is 4.06. The van der Waals surface area contributed by atoms with Crippen LogP contribution in [0, 0.1) is 0 Å². The number of ether oxygens (including phenoxy) is 2. The maximum atomic E-state index is 12.5. The van der Waals surface area contributed by atoms with E-state index in [9.17, 15) is 4.79 Å². The van der Waals surface area contributed by atoms with Gasteiger partial charge in [-0.05, 0) is 36.1 Å². The molecule has 142 valence electrons. The predicted molar refractivity (Wildman–Crippen MR) is 100 cm³/mol. The van der Waals surface area contributed by atoms with Gasteiger partial charge in [0.25, 0.3) is 5.91 Å². The number of amides is 1. The molecule has 1 amide bonds. The van der Waals surface area contributed by atoms with Crippen molar-refractivity contribution in [2.75, 3.05) is 43.4 Å². The Morgan fingerprint density at radius 2 is 1.89 bits per heavy atom. The van der Waals surface area contributed by atoms with E-state index in [1.54, 1.807) is 0 Å². The SMILES string of the molecule is Nc1nc(N2CCN(C(=O)C3CCCO3)CC2)nc2cc3c(cc12)COC3. The lowest BCUT2D eigenvalue weighted by atomic mass is 10.1. The molecule has 0 spiro atoms. The number of anilines is 2. The highest BCUT2D eigenvalue weighted by Crippen LogP contribution is 2.29. The summed E-state index contributed by atoms with van der Waals surface area (Å²) >= 11 is 0. The van der Waals surface area contributed by atoms with Crippen molar-refractivity contribution in [3.8, 4) is 0 Å². The second-order valence-electron chi connectivity index (χ2n) is 7.35. The molecule has 3 aliphatic heterocycles. The van der Waals surface area contributed by atoms with Gasteiger partial charge in [0, 0.05) is 38.2 Å². The van der Waals surface area contributed by atoms with Gasteiger partial charge in [0.1, 0.15) is 11.9 Å². The van der Waals surface area contributed by atoms with Crippen LogP contribution in [0.5, 0.6) is 0 Å². The molecule has 0 aliphatic carbocycles. The first kappa shape index (κ1) is 16.7. The van der Waals surface area contributed by atoms with Crippen molar-refractivity contribution >= 4 is 28.6 Å². The number of aromatic nitrogens is 2. The molecule has 1 atom stereocenters.